The number of nitrogens with two attached hydrogens (primary N) is 1. The number of sulfonamides is 1. The highest BCUT2D eigenvalue weighted by atomic mass is 32.2. The summed E-state index contributed by atoms with van der Waals surface area (Å²) in [4.78, 5) is 10.2. The second kappa shape index (κ2) is 5.12. The average Bonchev–Trinajstić information content (AvgIpc) is 2.00. The molecule has 8 heteroatoms. The first-order valence-electron chi connectivity index (χ1n) is 3.45. The molecule has 0 heterocycles. The molecule has 0 amide bonds. The standard InChI is InChI=1S/C5H12N2O5S/c6-4(5(9)10)3-13(11,12)7-1-2-8/h4,7-8H,1-3,6H2,(H,9,10). The van der Waals surface area contributed by atoms with Crippen molar-refractivity contribution in [3.8, 4) is 0 Å². The molecule has 0 aliphatic rings. The number of carboxylic acids is 1. The van der Waals surface area contributed by atoms with Crippen LogP contribution in [0.4, 0.5) is 0 Å². The Bertz CT molecular complexity index is 262. The fourth-order valence-corrected chi connectivity index (χ4v) is 1.70. The van der Waals surface area contributed by atoms with E-state index in [2.05, 4.69) is 0 Å². The number of carboxylic acid groups (broad SMARTS) is 1. The topological polar surface area (TPSA) is 130 Å². The predicted molar refractivity (Wildman–Crippen MR) is 44.5 cm³/mol. The van der Waals surface area contributed by atoms with Crippen molar-refractivity contribution in [1.82, 2.24) is 4.72 Å². The molecule has 0 aromatic carbocycles. The molecule has 0 bridgehead atoms. The Hall–Kier alpha value is -0.700. The summed E-state index contributed by atoms with van der Waals surface area (Å²) in [5.74, 6) is -2.07. The van der Waals surface area contributed by atoms with Crippen LogP contribution in [-0.4, -0.2) is 49.5 Å². The largest absolute Gasteiger partial charge is 0.480 e. The molecule has 0 fully saturated rings. The first kappa shape index (κ1) is 12.3. The smallest absolute Gasteiger partial charge is 0.321 e. The van der Waals surface area contributed by atoms with E-state index in [1.807, 2.05) is 4.72 Å². The fourth-order valence-electron chi connectivity index (χ4n) is 0.568. The molecule has 78 valence electrons. The van der Waals surface area contributed by atoms with Gasteiger partial charge in [-0.3, -0.25) is 4.79 Å². The molecule has 5 N–H and O–H groups in total. The van der Waals surface area contributed by atoms with Gasteiger partial charge in [0.15, 0.2) is 0 Å². The van der Waals surface area contributed by atoms with Crippen molar-refractivity contribution < 1.29 is 23.4 Å². The van der Waals surface area contributed by atoms with Gasteiger partial charge < -0.3 is 15.9 Å². The minimum atomic E-state index is -3.70. The molecule has 1 unspecified atom stereocenters. The summed E-state index contributed by atoms with van der Waals surface area (Å²) in [6.07, 6.45) is 0. The van der Waals surface area contributed by atoms with Crippen molar-refractivity contribution in [2.45, 2.75) is 6.04 Å². The highest BCUT2D eigenvalue weighted by Crippen LogP contribution is 1.88. The van der Waals surface area contributed by atoms with E-state index in [1.54, 1.807) is 0 Å². The lowest BCUT2D eigenvalue weighted by Crippen LogP contribution is -2.42. The van der Waals surface area contributed by atoms with Crippen molar-refractivity contribution in [2.75, 3.05) is 18.9 Å². The number of nitrogens with one attached hydrogen (secondary N) is 1. The summed E-state index contributed by atoms with van der Waals surface area (Å²) in [6.45, 7) is -0.490. The maximum atomic E-state index is 10.9. The van der Waals surface area contributed by atoms with Crippen molar-refractivity contribution in [2.24, 2.45) is 5.73 Å². The zero-order chi connectivity index (χ0) is 10.5. The van der Waals surface area contributed by atoms with E-state index in [0.717, 1.165) is 0 Å². The third kappa shape index (κ3) is 5.53. The SMILES string of the molecule is NC(CS(=O)(=O)NCCO)C(=O)O. The molecule has 13 heavy (non-hydrogen) atoms. The molecule has 0 saturated heterocycles. The number of carbonyl (C=O) groups is 1. The molecular weight excluding hydrogens is 200 g/mol. The van der Waals surface area contributed by atoms with Gasteiger partial charge in [0.05, 0.1) is 12.4 Å². The van der Waals surface area contributed by atoms with Crippen molar-refractivity contribution >= 4 is 16.0 Å². The van der Waals surface area contributed by atoms with Crippen molar-refractivity contribution in [1.29, 1.82) is 0 Å². The molecular formula is C5H12N2O5S. The first-order valence-corrected chi connectivity index (χ1v) is 5.11. The molecule has 1 atom stereocenters. The highest BCUT2D eigenvalue weighted by Gasteiger charge is 2.20. The lowest BCUT2D eigenvalue weighted by atomic mass is 10.4. The lowest BCUT2D eigenvalue weighted by molar-refractivity contribution is -0.137. The predicted octanol–water partition coefficient (Wildman–Crippen LogP) is -2.69. The summed E-state index contributed by atoms with van der Waals surface area (Å²) in [5.41, 5.74) is 4.99. The van der Waals surface area contributed by atoms with E-state index in [-0.39, 0.29) is 13.2 Å². The van der Waals surface area contributed by atoms with Gasteiger partial charge >= 0.3 is 5.97 Å². The minimum absolute atomic E-state index is 0.144. The lowest BCUT2D eigenvalue weighted by Gasteiger charge is -2.07. The molecule has 0 saturated carbocycles. The molecule has 0 radical (unpaired) electrons. The quantitative estimate of drug-likeness (QED) is 0.379. The van der Waals surface area contributed by atoms with Gasteiger partial charge in [-0.1, -0.05) is 0 Å². The highest BCUT2D eigenvalue weighted by molar-refractivity contribution is 7.89. The number of hydrogen-bond donors (Lipinski definition) is 4. The Morgan fingerprint density at radius 1 is 1.54 bits per heavy atom. The average molecular weight is 212 g/mol. The van der Waals surface area contributed by atoms with E-state index >= 15 is 0 Å². The fraction of sp³-hybridized carbons (Fsp3) is 0.800. The number of aliphatic hydroxyl groups excluding tert-OH is 1. The van der Waals surface area contributed by atoms with Gasteiger partial charge in [0, 0.05) is 6.54 Å². The van der Waals surface area contributed by atoms with Crippen LogP contribution in [0.25, 0.3) is 0 Å². The monoisotopic (exact) mass is 212 g/mol. The summed E-state index contributed by atoms with van der Waals surface area (Å²) < 4.78 is 23.9. The Morgan fingerprint density at radius 3 is 2.46 bits per heavy atom. The Morgan fingerprint density at radius 2 is 2.08 bits per heavy atom. The molecule has 0 aliphatic heterocycles. The molecule has 0 aromatic rings. The van der Waals surface area contributed by atoms with Crippen molar-refractivity contribution in [3.63, 3.8) is 0 Å². The zero-order valence-corrected chi connectivity index (χ0v) is 7.62. The Kier molecular flexibility index (Phi) is 4.85. The second-order valence-electron chi connectivity index (χ2n) is 2.34. The van der Waals surface area contributed by atoms with E-state index in [9.17, 15) is 13.2 Å². The normalized spacial score (nSPS) is 14.0. The van der Waals surface area contributed by atoms with Crippen LogP contribution < -0.4 is 10.5 Å². The molecule has 0 rings (SSSR count). The number of aliphatic carboxylic acids is 1. The summed E-state index contributed by atoms with van der Waals surface area (Å²) >= 11 is 0. The molecule has 0 spiro atoms. The van der Waals surface area contributed by atoms with E-state index < -0.39 is 27.8 Å². The van der Waals surface area contributed by atoms with Gasteiger partial charge in [0.2, 0.25) is 10.0 Å². The second-order valence-corrected chi connectivity index (χ2v) is 4.20. The number of hydrogen-bond acceptors (Lipinski definition) is 5. The van der Waals surface area contributed by atoms with E-state index in [0.29, 0.717) is 0 Å². The van der Waals surface area contributed by atoms with Gasteiger partial charge in [0.1, 0.15) is 6.04 Å². The summed E-state index contributed by atoms with van der Waals surface area (Å²) in [6, 6.07) is -1.45. The van der Waals surface area contributed by atoms with Crippen LogP contribution in [0.3, 0.4) is 0 Å². The van der Waals surface area contributed by atoms with Crippen LogP contribution in [-0.2, 0) is 14.8 Å². The first-order chi connectivity index (χ1) is 5.89. The van der Waals surface area contributed by atoms with Gasteiger partial charge in [-0.05, 0) is 0 Å². The summed E-state index contributed by atoms with van der Waals surface area (Å²) in [5, 5.41) is 16.6. The Labute approximate surface area is 75.6 Å². The van der Waals surface area contributed by atoms with E-state index in [1.165, 1.54) is 0 Å². The number of rotatable bonds is 6. The molecule has 7 nitrogen and oxygen atoms in total. The third-order valence-electron chi connectivity index (χ3n) is 1.15. The maximum Gasteiger partial charge on any atom is 0.321 e. The third-order valence-corrected chi connectivity index (χ3v) is 2.59. The van der Waals surface area contributed by atoms with Crippen LogP contribution >= 0.6 is 0 Å². The van der Waals surface area contributed by atoms with Gasteiger partial charge in [0.25, 0.3) is 0 Å². The Balaban J connectivity index is 4.10. The summed E-state index contributed by atoms with van der Waals surface area (Å²) in [7, 11) is -3.70. The van der Waals surface area contributed by atoms with Gasteiger partial charge in [-0.15, -0.1) is 0 Å². The number of aliphatic hydroxyl groups is 1. The molecule has 0 aliphatic carbocycles. The zero-order valence-electron chi connectivity index (χ0n) is 6.80. The molecule has 0 aromatic heterocycles. The van der Waals surface area contributed by atoms with E-state index in [4.69, 9.17) is 15.9 Å². The maximum absolute atomic E-state index is 10.9. The van der Waals surface area contributed by atoms with Crippen LogP contribution in [0.2, 0.25) is 0 Å². The van der Waals surface area contributed by atoms with Crippen LogP contribution in [0.1, 0.15) is 0 Å². The minimum Gasteiger partial charge on any atom is -0.480 e. The van der Waals surface area contributed by atoms with Crippen molar-refractivity contribution in [3.05, 3.63) is 0 Å². The van der Waals surface area contributed by atoms with Crippen LogP contribution in [0.15, 0.2) is 0 Å². The van der Waals surface area contributed by atoms with Crippen LogP contribution in [0.5, 0.6) is 0 Å². The van der Waals surface area contributed by atoms with Gasteiger partial charge in [-0.25, -0.2) is 13.1 Å². The van der Waals surface area contributed by atoms with Gasteiger partial charge in [-0.2, -0.15) is 0 Å². The van der Waals surface area contributed by atoms with Crippen LogP contribution in [0, 0.1) is 0 Å².